The Morgan fingerprint density at radius 2 is 2.12 bits per heavy atom. The van der Waals surface area contributed by atoms with Gasteiger partial charge in [-0.15, -0.1) is 0 Å². The first-order chi connectivity index (χ1) is 7.80. The Hall–Kier alpha value is -1.44. The lowest BCUT2D eigenvalue weighted by Crippen LogP contribution is -2.15. The Morgan fingerprint density at radius 1 is 1.31 bits per heavy atom. The molecule has 0 aliphatic rings. The summed E-state index contributed by atoms with van der Waals surface area (Å²) in [6.07, 6.45) is 0. The van der Waals surface area contributed by atoms with Crippen molar-refractivity contribution in [2.75, 3.05) is 38.1 Å². The molecule has 0 unspecified atom stereocenters. The minimum absolute atomic E-state index is 0.413. The summed E-state index contributed by atoms with van der Waals surface area (Å²) in [5.41, 5.74) is 3.23. The van der Waals surface area contributed by atoms with Gasteiger partial charge in [0.05, 0.1) is 18.9 Å². The molecule has 0 bridgehead atoms. The Morgan fingerprint density at radius 3 is 2.75 bits per heavy atom. The van der Waals surface area contributed by atoms with Gasteiger partial charge in [-0.3, -0.25) is 0 Å². The maximum atomic E-state index is 5.31. The van der Waals surface area contributed by atoms with E-state index in [-0.39, 0.29) is 0 Å². The molecule has 0 aliphatic carbocycles. The van der Waals surface area contributed by atoms with E-state index in [0.29, 0.717) is 31.5 Å². The van der Waals surface area contributed by atoms with Crippen molar-refractivity contribution in [1.82, 2.24) is 9.97 Å². The van der Waals surface area contributed by atoms with Gasteiger partial charge in [0.2, 0.25) is 5.95 Å². The molecular formula is C9H17N5O2. The first-order valence-electron chi connectivity index (χ1n) is 4.86. The van der Waals surface area contributed by atoms with Gasteiger partial charge in [-0.25, -0.2) is 10.8 Å². The van der Waals surface area contributed by atoms with Crippen molar-refractivity contribution in [2.24, 2.45) is 5.84 Å². The average molecular weight is 227 g/mol. The van der Waals surface area contributed by atoms with Crippen molar-refractivity contribution >= 4 is 11.8 Å². The second-order valence-electron chi connectivity index (χ2n) is 3.07. The van der Waals surface area contributed by atoms with Crippen LogP contribution in [-0.4, -0.2) is 37.3 Å². The zero-order chi connectivity index (χ0) is 11.8. The van der Waals surface area contributed by atoms with Gasteiger partial charge in [0.15, 0.2) is 0 Å². The summed E-state index contributed by atoms with van der Waals surface area (Å²) in [5.74, 6) is 6.35. The number of ether oxygens (including phenoxy) is 2. The Balaban J connectivity index is 2.69. The van der Waals surface area contributed by atoms with Crippen LogP contribution in [-0.2, 0) is 16.1 Å². The molecule has 0 saturated carbocycles. The molecule has 7 nitrogen and oxygen atoms in total. The first kappa shape index (κ1) is 12.6. The molecule has 0 atom stereocenters. The lowest BCUT2D eigenvalue weighted by Gasteiger charge is -2.08. The van der Waals surface area contributed by atoms with Crippen LogP contribution in [0, 0.1) is 0 Å². The third-order valence-electron chi connectivity index (χ3n) is 1.81. The molecule has 7 heteroatoms. The van der Waals surface area contributed by atoms with E-state index in [0.717, 1.165) is 5.69 Å². The van der Waals surface area contributed by atoms with Gasteiger partial charge in [0.25, 0.3) is 0 Å². The molecule has 1 aromatic heterocycles. The topological polar surface area (TPSA) is 94.3 Å². The van der Waals surface area contributed by atoms with Crippen molar-refractivity contribution in [3.8, 4) is 0 Å². The number of aromatic nitrogens is 2. The van der Waals surface area contributed by atoms with Gasteiger partial charge in [-0.1, -0.05) is 0 Å². The van der Waals surface area contributed by atoms with E-state index in [9.17, 15) is 0 Å². The third-order valence-corrected chi connectivity index (χ3v) is 1.81. The van der Waals surface area contributed by atoms with E-state index < -0.39 is 0 Å². The molecule has 0 fully saturated rings. The number of hydrazine groups is 1. The fraction of sp³-hybridized carbons (Fsp3) is 0.556. The minimum Gasteiger partial charge on any atom is -0.383 e. The van der Waals surface area contributed by atoms with Crippen LogP contribution in [0.5, 0.6) is 0 Å². The largest absolute Gasteiger partial charge is 0.383 e. The van der Waals surface area contributed by atoms with Crippen LogP contribution in [0.3, 0.4) is 0 Å². The number of anilines is 2. The molecular weight excluding hydrogens is 210 g/mol. The lowest BCUT2D eigenvalue weighted by atomic mass is 10.4. The molecule has 0 aliphatic heterocycles. The van der Waals surface area contributed by atoms with E-state index in [1.54, 1.807) is 20.3 Å². The molecule has 1 heterocycles. The number of rotatable bonds is 7. The number of nitrogens with two attached hydrogens (primary N) is 1. The van der Waals surface area contributed by atoms with Gasteiger partial charge in [-0.05, 0) is 0 Å². The van der Waals surface area contributed by atoms with Gasteiger partial charge in [0.1, 0.15) is 5.82 Å². The highest BCUT2D eigenvalue weighted by molar-refractivity contribution is 5.41. The molecule has 0 radical (unpaired) electrons. The Kier molecular flexibility index (Phi) is 5.48. The van der Waals surface area contributed by atoms with Crippen LogP contribution in [0.1, 0.15) is 5.69 Å². The fourth-order valence-electron chi connectivity index (χ4n) is 1.14. The van der Waals surface area contributed by atoms with E-state index in [1.807, 2.05) is 0 Å². The summed E-state index contributed by atoms with van der Waals surface area (Å²) in [6.45, 7) is 1.64. The van der Waals surface area contributed by atoms with Crippen LogP contribution in [0.2, 0.25) is 0 Å². The first-order valence-corrected chi connectivity index (χ1v) is 4.86. The van der Waals surface area contributed by atoms with Gasteiger partial charge >= 0.3 is 0 Å². The number of nitrogens with zero attached hydrogens (tertiary/aromatic N) is 2. The SMILES string of the molecule is COCCNc1nc(COC)cc(NN)n1. The Labute approximate surface area is 94.3 Å². The van der Waals surface area contributed by atoms with E-state index in [4.69, 9.17) is 15.3 Å². The molecule has 16 heavy (non-hydrogen) atoms. The molecule has 0 spiro atoms. The van der Waals surface area contributed by atoms with E-state index in [1.165, 1.54) is 0 Å². The number of hydrogen-bond acceptors (Lipinski definition) is 7. The summed E-state index contributed by atoms with van der Waals surface area (Å²) in [5, 5.41) is 3.02. The highest BCUT2D eigenvalue weighted by Crippen LogP contribution is 2.09. The zero-order valence-corrected chi connectivity index (χ0v) is 9.49. The van der Waals surface area contributed by atoms with Crippen molar-refractivity contribution in [3.05, 3.63) is 11.8 Å². The number of methoxy groups -OCH3 is 2. The molecule has 0 saturated heterocycles. The lowest BCUT2D eigenvalue weighted by molar-refractivity contribution is 0.181. The standard InChI is InChI=1S/C9H17N5O2/c1-15-4-3-11-9-12-7(6-16-2)5-8(13-9)14-10/h5H,3-4,6,10H2,1-2H3,(H2,11,12,13,14). The maximum Gasteiger partial charge on any atom is 0.225 e. The zero-order valence-electron chi connectivity index (χ0n) is 9.49. The highest BCUT2D eigenvalue weighted by atomic mass is 16.5. The smallest absolute Gasteiger partial charge is 0.225 e. The average Bonchev–Trinajstić information content (AvgIpc) is 2.29. The summed E-state index contributed by atoms with van der Waals surface area (Å²) in [4.78, 5) is 8.38. The molecule has 1 rings (SSSR count). The number of hydrogen-bond donors (Lipinski definition) is 3. The monoisotopic (exact) mass is 227 g/mol. The molecule has 0 aromatic carbocycles. The van der Waals surface area contributed by atoms with Crippen LogP contribution in [0.15, 0.2) is 6.07 Å². The molecule has 1 aromatic rings. The molecule has 90 valence electrons. The van der Waals surface area contributed by atoms with Crippen LogP contribution in [0.25, 0.3) is 0 Å². The quantitative estimate of drug-likeness (QED) is 0.342. The summed E-state index contributed by atoms with van der Waals surface area (Å²) in [6, 6.07) is 1.73. The van der Waals surface area contributed by atoms with Crippen LogP contribution in [0.4, 0.5) is 11.8 Å². The minimum atomic E-state index is 0.413. The van der Waals surface area contributed by atoms with Crippen molar-refractivity contribution in [1.29, 1.82) is 0 Å². The molecule has 0 amide bonds. The second-order valence-corrected chi connectivity index (χ2v) is 3.07. The van der Waals surface area contributed by atoms with Crippen molar-refractivity contribution in [2.45, 2.75) is 6.61 Å². The second kappa shape index (κ2) is 6.94. The fourth-order valence-corrected chi connectivity index (χ4v) is 1.14. The van der Waals surface area contributed by atoms with E-state index in [2.05, 4.69) is 20.7 Å². The number of nitrogens with one attached hydrogen (secondary N) is 2. The Bertz CT molecular complexity index is 321. The highest BCUT2D eigenvalue weighted by Gasteiger charge is 2.03. The van der Waals surface area contributed by atoms with Gasteiger partial charge < -0.3 is 20.2 Å². The summed E-state index contributed by atoms with van der Waals surface area (Å²) < 4.78 is 9.91. The van der Waals surface area contributed by atoms with Crippen molar-refractivity contribution < 1.29 is 9.47 Å². The predicted octanol–water partition coefficient (Wildman–Crippen LogP) is -0.0331. The summed E-state index contributed by atoms with van der Waals surface area (Å²) >= 11 is 0. The third kappa shape index (κ3) is 3.97. The summed E-state index contributed by atoms with van der Waals surface area (Å²) in [7, 11) is 3.24. The van der Waals surface area contributed by atoms with Crippen molar-refractivity contribution in [3.63, 3.8) is 0 Å². The molecule has 4 N–H and O–H groups in total. The van der Waals surface area contributed by atoms with Crippen LogP contribution < -0.4 is 16.6 Å². The van der Waals surface area contributed by atoms with E-state index >= 15 is 0 Å². The van der Waals surface area contributed by atoms with Crippen LogP contribution >= 0.6 is 0 Å². The maximum absolute atomic E-state index is 5.31. The van der Waals surface area contributed by atoms with Gasteiger partial charge in [-0.2, -0.15) is 4.98 Å². The van der Waals surface area contributed by atoms with Gasteiger partial charge in [0, 0.05) is 26.8 Å². The normalized spacial score (nSPS) is 10.2. The number of nitrogen functional groups attached to an aromatic ring is 1. The predicted molar refractivity (Wildman–Crippen MR) is 60.9 cm³/mol.